The van der Waals surface area contributed by atoms with Crippen molar-refractivity contribution in [2.24, 2.45) is 16.7 Å². The predicted octanol–water partition coefficient (Wildman–Crippen LogP) is 6.43. The molecule has 5 rings (SSSR count). The first kappa shape index (κ1) is 25.4. The van der Waals surface area contributed by atoms with E-state index in [-0.39, 0.29) is 17.4 Å². The van der Waals surface area contributed by atoms with Crippen molar-refractivity contribution < 1.29 is 23.5 Å². The third-order valence-electron chi connectivity index (χ3n) is 9.39. The number of hydrogen-bond donors (Lipinski definition) is 1. The van der Waals surface area contributed by atoms with Gasteiger partial charge in [-0.15, -0.1) is 0 Å². The molecule has 5 nitrogen and oxygen atoms in total. The Balaban J connectivity index is 1.42. The van der Waals surface area contributed by atoms with E-state index in [9.17, 15) is 23.5 Å². The molecule has 0 saturated heterocycles. The van der Waals surface area contributed by atoms with Crippen molar-refractivity contribution in [3.63, 3.8) is 0 Å². The molecule has 2 aliphatic rings. The lowest BCUT2D eigenvalue weighted by Gasteiger charge is -2.39. The SMILES string of the molecule is CC1(C)[C@@H](CC(=O)N2CCc3c(n(Cc4cccc(C(F)F)c4)c4ccccc34)C2)CC[C@@]1(C)C(=O)O. The summed E-state index contributed by atoms with van der Waals surface area (Å²) in [5, 5.41) is 11.0. The standard InChI is InChI=1S/C30H34F2N2O3/c1-29(2)21(11-13-30(29,3)28(36)37)16-26(35)33-14-12-23-22-9-4-5-10-24(22)34(25(23)18-33)17-19-7-6-8-20(15-19)27(31)32/h4-10,15,21,27H,11-14,16-18H2,1-3H3,(H,36,37)/t21-,30+/m1/s1. The number of carboxylic acid groups (broad SMARTS) is 1. The molecule has 0 spiro atoms. The fourth-order valence-electron chi connectivity index (χ4n) is 6.47. The minimum absolute atomic E-state index is 0.00504. The summed E-state index contributed by atoms with van der Waals surface area (Å²) in [5.74, 6) is -0.740. The van der Waals surface area contributed by atoms with Gasteiger partial charge in [-0.05, 0) is 60.8 Å². The molecule has 1 aromatic heterocycles. The van der Waals surface area contributed by atoms with E-state index in [0.29, 0.717) is 32.5 Å². The van der Waals surface area contributed by atoms with Crippen LogP contribution in [0.4, 0.5) is 8.78 Å². The van der Waals surface area contributed by atoms with Gasteiger partial charge in [0, 0.05) is 41.7 Å². The smallest absolute Gasteiger partial charge is 0.309 e. The highest BCUT2D eigenvalue weighted by atomic mass is 19.3. The first-order valence-corrected chi connectivity index (χ1v) is 13.0. The van der Waals surface area contributed by atoms with Gasteiger partial charge in [-0.25, -0.2) is 8.78 Å². The van der Waals surface area contributed by atoms with Gasteiger partial charge in [-0.3, -0.25) is 9.59 Å². The van der Waals surface area contributed by atoms with Crippen molar-refractivity contribution in [3.05, 3.63) is 70.9 Å². The van der Waals surface area contributed by atoms with Gasteiger partial charge < -0.3 is 14.6 Å². The van der Waals surface area contributed by atoms with Crippen molar-refractivity contribution in [1.82, 2.24) is 9.47 Å². The zero-order chi connectivity index (χ0) is 26.5. The molecule has 1 saturated carbocycles. The Hall–Kier alpha value is -3.22. The molecule has 2 atom stereocenters. The quantitative estimate of drug-likeness (QED) is 0.417. The van der Waals surface area contributed by atoms with Crippen molar-refractivity contribution in [2.45, 2.75) is 66.0 Å². The lowest BCUT2D eigenvalue weighted by Crippen LogP contribution is -2.43. The first-order chi connectivity index (χ1) is 17.5. The molecule has 7 heteroatoms. The second kappa shape index (κ2) is 9.26. The lowest BCUT2D eigenvalue weighted by atomic mass is 9.65. The van der Waals surface area contributed by atoms with Gasteiger partial charge in [0.2, 0.25) is 5.91 Å². The van der Waals surface area contributed by atoms with Crippen LogP contribution in [0.1, 0.15) is 68.8 Å². The average Bonchev–Trinajstić information content (AvgIpc) is 3.30. The Kier molecular flexibility index (Phi) is 6.37. The highest BCUT2D eigenvalue weighted by Gasteiger charge is 2.56. The molecule has 0 bridgehead atoms. The summed E-state index contributed by atoms with van der Waals surface area (Å²) in [7, 11) is 0. The zero-order valence-corrected chi connectivity index (χ0v) is 21.6. The van der Waals surface area contributed by atoms with E-state index in [4.69, 9.17) is 0 Å². The van der Waals surface area contributed by atoms with E-state index in [0.717, 1.165) is 35.0 Å². The van der Waals surface area contributed by atoms with Crippen molar-refractivity contribution >= 4 is 22.8 Å². The maximum Gasteiger partial charge on any atom is 0.309 e. The van der Waals surface area contributed by atoms with Crippen LogP contribution in [0, 0.1) is 16.7 Å². The number of nitrogens with zero attached hydrogens (tertiary/aromatic N) is 2. The van der Waals surface area contributed by atoms with Gasteiger partial charge in [-0.1, -0.05) is 50.2 Å². The first-order valence-electron chi connectivity index (χ1n) is 13.0. The number of alkyl halides is 2. The number of carbonyl (C=O) groups is 2. The number of halogens is 2. The number of fused-ring (bicyclic) bond motifs is 3. The number of aliphatic carboxylic acids is 1. The molecule has 0 radical (unpaired) electrons. The van der Waals surface area contributed by atoms with E-state index < -0.39 is 23.2 Å². The maximum absolute atomic E-state index is 13.5. The normalized spacial score (nSPS) is 23.0. The summed E-state index contributed by atoms with van der Waals surface area (Å²) in [4.78, 5) is 27.4. The van der Waals surface area contributed by atoms with E-state index >= 15 is 0 Å². The molecule has 1 aliphatic heterocycles. The molecule has 3 aromatic rings. The van der Waals surface area contributed by atoms with E-state index in [1.807, 2.05) is 43.0 Å². The number of amides is 1. The minimum Gasteiger partial charge on any atom is -0.481 e. The lowest BCUT2D eigenvalue weighted by molar-refractivity contribution is -0.155. The molecule has 0 unspecified atom stereocenters. The van der Waals surface area contributed by atoms with Crippen LogP contribution in [0.15, 0.2) is 48.5 Å². The zero-order valence-electron chi connectivity index (χ0n) is 21.6. The second-order valence-electron chi connectivity index (χ2n) is 11.4. The second-order valence-corrected chi connectivity index (χ2v) is 11.4. The van der Waals surface area contributed by atoms with Gasteiger partial charge in [0.1, 0.15) is 0 Å². The average molecular weight is 509 g/mol. The molecule has 1 aliphatic carbocycles. The van der Waals surface area contributed by atoms with Crippen molar-refractivity contribution in [2.75, 3.05) is 6.54 Å². The van der Waals surface area contributed by atoms with Gasteiger partial charge in [0.15, 0.2) is 0 Å². The van der Waals surface area contributed by atoms with Crippen LogP contribution in [0.3, 0.4) is 0 Å². The Morgan fingerprint density at radius 3 is 2.57 bits per heavy atom. The van der Waals surface area contributed by atoms with Crippen LogP contribution in [0.25, 0.3) is 10.9 Å². The molecule has 2 heterocycles. The Morgan fingerprint density at radius 1 is 1.11 bits per heavy atom. The van der Waals surface area contributed by atoms with E-state index in [1.165, 1.54) is 11.6 Å². The summed E-state index contributed by atoms with van der Waals surface area (Å²) in [5.41, 5.74) is 2.77. The molecule has 1 amide bonds. The predicted molar refractivity (Wildman–Crippen MR) is 138 cm³/mol. The van der Waals surface area contributed by atoms with Gasteiger partial charge >= 0.3 is 5.97 Å². The van der Waals surface area contributed by atoms with E-state index in [1.54, 1.807) is 19.1 Å². The van der Waals surface area contributed by atoms with Gasteiger partial charge in [-0.2, -0.15) is 0 Å². The van der Waals surface area contributed by atoms with Gasteiger partial charge in [0.25, 0.3) is 6.43 Å². The number of rotatable bonds is 6. The summed E-state index contributed by atoms with van der Waals surface area (Å²) in [6.45, 7) is 7.28. The number of carbonyl (C=O) groups excluding carboxylic acids is 1. The molecule has 196 valence electrons. The number of carboxylic acids is 1. The summed E-state index contributed by atoms with van der Waals surface area (Å²) in [6.07, 6.45) is -0.162. The molecular formula is C30H34F2N2O3. The fraction of sp³-hybridized carbons (Fsp3) is 0.467. The molecule has 1 N–H and O–H groups in total. The number of para-hydroxylation sites is 1. The van der Waals surface area contributed by atoms with Crippen molar-refractivity contribution in [1.29, 1.82) is 0 Å². The van der Waals surface area contributed by atoms with Crippen LogP contribution in [0.5, 0.6) is 0 Å². The third kappa shape index (κ3) is 4.22. The van der Waals surface area contributed by atoms with Crippen LogP contribution < -0.4 is 0 Å². The monoisotopic (exact) mass is 508 g/mol. The number of hydrogen-bond acceptors (Lipinski definition) is 2. The molecule has 1 fully saturated rings. The summed E-state index contributed by atoms with van der Waals surface area (Å²) >= 11 is 0. The molecule has 2 aromatic carbocycles. The maximum atomic E-state index is 13.5. The van der Waals surface area contributed by atoms with Crippen LogP contribution >= 0.6 is 0 Å². The van der Waals surface area contributed by atoms with Crippen LogP contribution in [-0.2, 0) is 29.1 Å². The summed E-state index contributed by atoms with van der Waals surface area (Å²) in [6, 6.07) is 14.6. The Bertz CT molecular complexity index is 1360. The van der Waals surface area contributed by atoms with Crippen LogP contribution in [0.2, 0.25) is 0 Å². The largest absolute Gasteiger partial charge is 0.481 e. The highest BCUT2D eigenvalue weighted by molar-refractivity contribution is 5.87. The summed E-state index contributed by atoms with van der Waals surface area (Å²) < 4.78 is 28.8. The molecule has 37 heavy (non-hydrogen) atoms. The highest BCUT2D eigenvalue weighted by Crippen LogP contribution is 2.57. The molecular weight excluding hydrogens is 474 g/mol. The van der Waals surface area contributed by atoms with Gasteiger partial charge in [0.05, 0.1) is 12.0 Å². The Morgan fingerprint density at radius 2 is 1.86 bits per heavy atom. The third-order valence-corrected chi connectivity index (χ3v) is 9.39. The Labute approximate surface area is 216 Å². The van der Waals surface area contributed by atoms with Crippen molar-refractivity contribution in [3.8, 4) is 0 Å². The van der Waals surface area contributed by atoms with E-state index in [2.05, 4.69) is 10.6 Å². The topological polar surface area (TPSA) is 62.5 Å². The number of aromatic nitrogens is 1. The number of benzene rings is 2. The minimum atomic E-state index is -2.52. The fourth-order valence-corrected chi connectivity index (χ4v) is 6.47. The van der Waals surface area contributed by atoms with Crippen LogP contribution in [-0.4, -0.2) is 33.0 Å².